The van der Waals surface area contributed by atoms with Crippen LogP contribution in [0.1, 0.15) is 12.0 Å². The van der Waals surface area contributed by atoms with Crippen molar-refractivity contribution >= 4 is 11.7 Å². The van der Waals surface area contributed by atoms with E-state index in [2.05, 4.69) is 10.5 Å². The normalized spacial score (nSPS) is 11.2. The summed E-state index contributed by atoms with van der Waals surface area (Å²) in [5.74, 6) is -1.00. The summed E-state index contributed by atoms with van der Waals surface area (Å²) in [7, 11) is 0. The molecule has 0 aliphatic carbocycles. The minimum Gasteiger partial charge on any atom is -0.409 e. The van der Waals surface area contributed by atoms with Crippen molar-refractivity contribution in [2.45, 2.75) is 13.0 Å². The van der Waals surface area contributed by atoms with Gasteiger partial charge in [0.1, 0.15) is 11.7 Å². The fourth-order valence-electron chi connectivity index (χ4n) is 1.10. The van der Waals surface area contributed by atoms with Crippen molar-refractivity contribution < 1.29 is 14.4 Å². The number of oxime groups is 1. The highest BCUT2D eigenvalue weighted by Crippen LogP contribution is 2.05. The van der Waals surface area contributed by atoms with Crippen molar-refractivity contribution in [3.63, 3.8) is 0 Å². The molecule has 5 nitrogen and oxygen atoms in total. The lowest BCUT2D eigenvalue weighted by Gasteiger charge is -2.05. The molecule has 86 valence electrons. The van der Waals surface area contributed by atoms with Gasteiger partial charge in [0.05, 0.1) is 6.42 Å². The van der Waals surface area contributed by atoms with E-state index >= 15 is 0 Å². The first-order valence-corrected chi connectivity index (χ1v) is 4.60. The molecule has 1 aromatic rings. The predicted octanol–water partition coefficient (Wildman–Crippen LogP) is 0.578. The largest absolute Gasteiger partial charge is 0.409 e. The van der Waals surface area contributed by atoms with Gasteiger partial charge in [0.2, 0.25) is 5.91 Å². The van der Waals surface area contributed by atoms with Gasteiger partial charge in [-0.2, -0.15) is 0 Å². The number of carbonyl (C=O) groups is 1. The van der Waals surface area contributed by atoms with Gasteiger partial charge in [-0.05, 0) is 6.07 Å². The third-order valence-corrected chi connectivity index (χ3v) is 1.90. The van der Waals surface area contributed by atoms with Crippen LogP contribution in [0.25, 0.3) is 0 Å². The second kappa shape index (κ2) is 5.69. The van der Waals surface area contributed by atoms with Crippen LogP contribution in [0.5, 0.6) is 0 Å². The van der Waals surface area contributed by atoms with Crippen molar-refractivity contribution in [2.24, 2.45) is 10.9 Å². The molecule has 1 rings (SSSR count). The van der Waals surface area contributed by atoms with Gasteiger partial charge in [-0.15, -0.1) is 0 Å². The number of nitrogens with two attached hydrogens (primary N) is 1. The summed E-state index contributed by atoms with van der Waals surface area (Å²) in [6.07, 6.45) is -0.217. The number of carbonyl (C=O) groups excluding carboxylic acids is 1. The Morgan fingerprint density at radius 1 is 1.50 bits per heavy atom. The summed E-state index contributed by atoms with van der Waals surface area (Å²) in [5.41, 5.74) is 5.52. The Labute approximate surface area is 91.8 Å². The van der Waals surface area contributed by atoms with Gasteiger partial charge >= 0.3 is 0 Å². The van der Waals surface area contributed by atoms with E-state index in [0.29, 0.717) is 5.56 Å². The molecule has 0 aromatic heterocycles. The predicted molar refractivity (Wildman–Crippen MR) is 56.3 cm³/mol. The van der Waals surface area contributed by atoms with Crippen molar-refractivity contribution in [3.8, 4) is 0 Å². The molecule has 0 aliphatic heterocycles. The zero-order valence-corrected chi connectivity index (χ0v) is 8.48. The lowest BCUT2D eigenvalue weighted by Crippen LogP contribution is -2.28. The second-order valence-electron chi connectivity index (χ2n) is 3.14. The highest BCUT2D eigenvalue weighted by Gasteiger charge is 2.06. The van der Waals surface area contributed by atoms with Crippen molar-refractivity contribution in [1.82, 2.24) is 5.32 Å². The number of amides is 1. The van der Waals surface area contributed by atoms with Gasteiger partial charge in [0.25, 0.3) is 0 Å². The number of benzene rings is 1. The lowest BCUT2D eigenvalue weighted by atomic mass is 10.2. The summed E-state index contributed by atoms with van der Waals surface area (Å²) in [4.78, 5) is 11.2. The number of amidine groups is 1. The van der Waals surface area contributed by atoms with E-state index in [1.54, 1.807) is 18.2 Å². The Hall–Kier alpha value is -2.11. The fraction of sp³-hybridized carbons (Fsp3) is 0.200. The van der Waals surface area contributed by atoms with E-state index in [4.69, 9.17) is 10.9 Å². The zero-order chi connectivity index (χ0) is 12.0. The Morgan fingerprint density at radius 3 is 2.81 bits per heavy atom. The zero-order valence-electron chi connectivity index (χ0n) is 8.48. The van der Waals surface area contributed by atoms with Crippen LogP contribution in [0.15, 0.2) is 29.4 Å². The minimum absolute atomic E-state index is 0.0736. The summed E-state index contributed by atoms with van der Waals surface area (Å²) < 4.78 is 13.1. The maximum absolute atomic E-state index is 13.1. The van der Waals surface area contributed by atoms with Crippen LogP contribution >= 0.6 is 0 Å². The first kappa shape index (κ1) is 12.0. The smallest absolute Gasteiger partial charge is 0.227 e. The Kier molecular flexibility index (Phi) is 4.26. The van der Waals surface area contributed by atoms with E-state index in [-0.39, 0.29) is 24.6 Å². The van der Waals surface area contributed by atoms with Crippen molar-refractivity contribution in [1.29, 1.82) is 0 Å². The molecule has 0 bridgehead atoms. The van der Waals surface area contributed by atoms with E-state index in [1.165, 1.54) is 6.07 Å². The molecule has 0 saturated heterocycles. The maximum Gasteiger partial charge on any atom is 0.227 e. The van der Waals surface area contributed by atoms with Gasteiger partial charge in [0, 0.05) is 12.1 Å². The van der Waals surface area contributed by atoms with Crippen LogP contribution < -0.4 is 11.1 Å². The molecular weight excluding hydrogens is 213 g/mol. The molecule has 6 heteroatoms. The number of nitrogens with zero attached hydrogens (tertiary/aromatic N) is 1. The van der Waals surface area contributed by atoms with Crippen molar-refractivity contribution in [3.05, 3.63) is 35.6 Å². The standard InChI is InChI=1S/C10H12FN3O2/c11-8-4-2-1-3-7(8)6-13-10(15)5-9(12)14-16/h1-4,16H,5-6H2,(H2,12,14)(H,13,15). The Morgan fingerprint density at radius 2 is 2.19 bits per heavy atom. The molecule has 0 aliphatic rings. The molecule has 0 unspecified atom stereocenters. The van der Waals surface area contributed by atoms with Crippen LogP contribution in [-0.4, -0.2) is 17.0 Å². The van der Waals surface area contributed by atoms with Crippen molar-refractivity contribution in [2.75, 3.05) is 0 Å². The third-order valence-electron chi connectivity index (χ3n) is 1.90. The van der Waals surface area contributed by atoms with E-state index in [9.17, 15) is 9.18 Å². The average molecular weight is 225 g/mol. The van der Waals surface area contributed by atoms with Crippen LogP contribution in [0.3, 0.4) is 0 Å². The van der Waals surface area contributed by atoms with Crippen LogP contribution in [-0.2, 0) is 11.3 Å². The molecule has 0 atom stereocenters. The van der Waals surface area contributed by atoms with Gasteiger partial charge in [-0.3, -0.25) is 4.79 Å². The number of rotatable bonds is 4. The first-order chi connectivity index (χ1) is 7.63. The van der Waals surface area contributed by atoms with Gasteiger partial charge in [-0.1, -0.05) is 23.4 Å². The molecule has 0 saturated carbocycles. The Balaban J connectivity index is 2.46. The SMILES string of the molecule is N/C(CC(=O)NCc1ccccc1F)=N\O. The summed E-state index contributed by atoms with van der Waals surface area (Å²) in [5, 5.41) is 13.4. The van der Waals surface area contributed by atoms with Crippen LogP contribution in [0, 0.1) is 5.82 Å². The molecule has 16 heavy (non-hydrogen) atoms. The lowest BCUT2D eigenvalue weighted by molar-refractivity contribution is -0.120. The number of nitrogens with one attached hydrogen (secondary N) is 1. The number of halogens is 1. The molecule has 0 fully saturated rings. The monoisotopic (exact) mass is 225 g/mol. The molecule has 0 heterocycles. The average Bonchev–Trinajstić information content (AvgIpc) is 2.28. The number of hydrogen-bond acceptors (Lipinski definition) is 3. The third kappa shape index (κ3) is 3.56. The van der Waals surface area contributed by atoms with E-state index in [1.807, 2.05) is 0 Å². The summed E-state index contributed by atoms with van der Waals surface area (Å²) in [6.45, 7) is 0.0736. The molecule has 1 amide bonds. The Bertz CT molecular complexity index is 407. The first-order valence-electron chi connectivity index (χ1n) is 4.60. The van der Waals surface area contributed by atoms with Gasteiger partial charge in [-0.25, -0.2) is 4.39 Å². The van der Waals surface area contributed by atoms with Crippen LogP contribution in [0.4, 0.5) is 4.39 Å². The van der Waals surface area contributed by atoms with Gasteiger partial charge in [0.15, 0.2) is 0 Å². The number of hydrogen-bond donors (Lipinski definition) is 3. The summed E-state index contributed by atoms with van der Waals surface area (Å²) >= 11 is 0. The molecule has 0 radical (unpaired) electrons. The van der Waals surface area contributed by atoms with Crippen LogP contribution in [0.2, 0.25) is 0 Å². The molecular formula is C10H12FN3O2. The minimum atomic E-state index is -0.432. The highest BCUT2D eigenvalue weighted by atomic mass is 19.1. The van der Waals surface area contributed by atoms with E-state index < -0.39 is 5.91 Å². The topological polar surface area (TPSA) is 87.7 Å². The highest BCUT2D eigenvalue weighted by molar-refractivity contribution is 5.98. The fourth-order valence-corrected chi connectivity index (χ4v) is 1.10. The molecule has 0 spiro atoms. The molecule has 1 aromatic carbocycles. The maximum atomic E-state index is 13.1. The summed E-state index contributed by atoms with van der Waals surface area (Å²) in [6, 6.07) is 6.12. The second-order valence-corrected chi connectivity index (χ2v) is 3.14. The quantitative estimate of drug-likeness (QED) is 0.303. The van der Waals surface area contributed by atoms with Gasteiger partial charge < -0.3 is 16.3 Å². The van der Waals surface area contributed by atoms with E-state index in [0.717, 1.165) is 0 Å². The molecule has 4 N–H and O–H groups in total.